The van der Waals surface area contributed by atoms with Crippen LogP contribution in [0.4, 0.5) is 5.82 Å². The van der Waals surface area contributed by atoms with Crippen LogP contribution in [0.1, 0.15) is 42.5 Å². The van der Waals surface area contributed by atoms with E-state index in [-0.39, 0.29) is 24.6 Å². The molecule has 4 fully saturated rings. The molecule has 1 aromatic carbocycles. The lowest BCUT2D eigenvalue weighted by molar-refractivity contribution is 0.0700. The van der Waals surface area contributed by atoms with Crippen LogP contribution in [0.5, 0.6) is 5.75 Å². The van der Waals surface area contributed by atoms with Crippen LogP contribution in [0.3, 0.4) is 0 Å². The highest BCUT2D eigenvalue weighted by Gasteiger charge is 2.47. The van der Waals surface area contributed by atoms with Gasteiger partial charge in [0.2, 0.25) is 0 Å². The van der Waals surface area contributed by atoms with Gasteiger partial charge in [0.25, 0.3) is 5.91 Å². The number of nitrogens with zero attached hydrogens (tertiary/aromatic N) is 6. The van der Waals surface area contributed by atoms with E-state index in [0.29, 0.717) is 29.1 Å². The van der Waals surface area contributed by atoms with E-state index < -0.39 is 0 Å². The number of aryl methyl sites for hydroxylation is 1. The van der Waals surface area contributed by atoms with Crippen molar-refractivity contribution in [2.45, 2.75) is 50.7 Å². The van der Waals surface area contributed by atoms with E-state index in [2.05, 4.69) is 32.2 Å². The lowest BCUT2D eigenvalue weighted by Crippen LogP contribution is -2.41. The Balaban J connectivity index is 1.21. The molecule has 2 aliphatic carbocycles. The van der Waals surface area contributed by atoms with Crippen LogP contribution in [-0.2, 0) is 13.6 Å². The number of amides is 1. The molecule has 8 rings (SSSR count). The van der Waals surface area contributed by atoms with Gasteiger partial charge in [-0.15, -0.1) is 0 Å². The smallest absolute Gasteiger partial charge is 0.254 e. The Hall–Kier alpha value is -3.63. The lowest BCUT2D eigenvalue weighted by atomic mass is 10.1. The molecule has 10 heteroatoms. The average molecular weight is 570 g/mol. The number of benzene rings is 1. The van der Waals surface area contributed by atoms with E-state index in [1.807, 2.05) is 24.1 Å². The van der Waals surface area contributed by atoms with E-state index in [4.69, 9.17) is 20.4 Å². The van der Waals surface area contributed by atoms with Crippen molar-refractivity contribution in [1.29, 1.82) is 0 Å². The van der Waals surface area contributed by atoms with E-state index in [9.17, 15) is 9.90 Å². The maximum Gasteiger partial charge on any atom is 0.254 e. The Bertz CT molecular complexity index is 1710. The Kier molecular flexibility index (Phi) is 6.01. The van der Waals surface area contributed by atoms with Crippen molar-refractivity contribution in [2.75, 3.05) is 38.3 Å². The molecule has 3 N–H and O–H groups in total. The summed E-state index contributed by atoms with van der Waals surface area (Å²) < 4.78 is 10.3. The van der Waals surface area contributed by atoms with Gasteiger partial charge >= 0.3 is 0 Å². The number of likely N-dealkylation sites (tertiary alicyclic amines) is 1. The number of methoxy groups -OCH3 is 1. The third-order valence-electron chi connectivity index (χ3n) is 10.3. The summed E-state index contributed by atoms with van der Waals surface area (Å²) in [5.41, 5.74) is 10.6. The predicted octanol–water partition coefficient (Wildman–Crippen LogP) is 3.39. The van der Waals surface area contributed by atoms with Gasteiger partial charge in [0.15, 0.2) is 5.82 Å². The monoisotopic (exact) mass is 569 g/mol. The number of rotatable bonds is 7. The van der Waals surface area contributed by atoms with Crippen LogP contribution in [0.25, 0.3) is 33.6 Å². The summed E-state index contributed by atoms with van der Waals surface area (Å²) in [5, 5.41) is 10.7. The highest BCUT2D eigenvalue weighted by Crippen LogP contribution is 2.40. The SMILES string of the molecule is COc1cc(C(=O)N2CC3CCC2[C@@H]3N)cc2nc(-c3cc4ccc(N5CCC(CO)C5)nc4n3CC3CC3)n(C)c12. The minimum atomic E-state index is 0.00924. The normalized spacial score (nSPS) is 25.4. The molecule has 2 bridgehead atoms. The zero-order chi connectivity index (χ0) is 28.7. The number of aromatic nitrogens is 4. The van der Waals surface area contributed by atoms with Crippen molar-refractivity contribution in [3.05, 3.63) is 35.9 Å². The molecule has 4 atom stereocenters. The predicted molar refractivity (Wildman–Crippen MR) is 162 cm³/mol. The summed E-state index contributed by atoms with van der Waals surface area (Å²) in [7, 11) is 3.67. The quantitative estimate of drug-likeness (QED) is 0.351. The fourth-order valence-electron chi connectivity index (χ4n) is 7.68. The number of hydrogen-bond donors (Lipinski definition) is 2. The van der Waals surface area contributed by atoms with Gasteiger partial charge in [0, 0.05) is 68.8 Å². The first kappa shape index (κ1) is 26.0. The molecule has 0 radical (unpaired) electrons. The van der Waals surface area contributed by atoms with Crippen molar-refractivity contribution in [1.82, 2.24) is 24.0 Å². The largest absolute Gasteiger partial charge is 0.494 e. The summed E-state index contributed by atoms with van der Waals surface area (Å²) in [6.45, 7) is 3.60. The fraction of sp³-hybridized carbons (Fsp3) is 0.531. The second-order valence-electron chi connectivity index (χ2n) is 12.9. The topological polar surface area (TPSA) is 115 Å². The number of hydrogen-bond acceptors (Lipinski definition) is 7. The molecule has 3 aromatic heterocycles. The molecule has 4 aromatic rings. The van der Waals surface area contributed by atoms with Crippen molar-refractivity contribution in [2.24, 2.45) is 30.5 Å². The molecule has 2 aliphatic heterocycles. The molecule has 5 heterocycles. The lowest BCUT2D eigenvalue weighted by Gasteiger charge is -2.27. The van der Waals surface area contributed by atoms with Crippen LogP contribution < -0.4 is 15.4 Å². The van der Waals surface area contributed by atoms with Crippen LogP contribution in [-0.4, -0.2) is 80.5 Å². The standard InChI is InChI=1S/C32H39N7O3/c1-36-29-23(11-22(13-26(29)42-2)32(41)39-16-21-5-7-24(39)28(21)33)34-31(36)25-12-20-6-8-27(37-10-9-19(14-37)17-40)35-30(20)38(25)15-18-3-4-18/h6,8,11-13,18-19,21,24,28,40H,3-5,7,9-10,14-17,33H2,1-2H3/t19?,21?,24?,28-/m1/s1. The number of anilines is 1. The maximum absolute atomic E-state index is 13.7. The Labute approximate surface area is 245 Å². The summed E-state index contributed by atoms with van der Waals surface area (Å²) in [4.78, 5) is 28.2. The van der Waals surface area contributed by atoms with Crippen LogP contribution >= 0.6 is 0 Å². The highest BCUT2D eigenvalue weighted by molar-refractivity contribution is 6.00. The van der Waals surface area contributed by atoms with E-state index in [1.54, 1.807) is 7.11 Å². The average Bonchev–Trinajstić information content (AvgIpc) is 3.32. The number of pyridine rings is 1. The summed E-state index contributed by atoms with van der Waals surface area (Å²) in [5.74, 6) is 3.79. The van der Waals surface area contributed by atoms with Gasteiger partial charge in [-0.2, -0.15) is 0 Å². The van der Waals surface area contributed by atoms with Gasteiger partial charge in [-0.1, -0.05) is 0 Å². The molecule has 3 unspecified atom stereocenters. The second kappa shape index (κ2) is 9.70. The van der Waals surface area contributed by atoms with Crippen molar-refractivity contribution in [3.8, 4) is 17.3 Å². The minimum absolute atomic E-state index is 0.00924. The number of imidazole rings is 1. The molecule has 220 valence electrons. The first-order chi connectivity index (χ1) is 20.4. The molecule has 4 aliphatic rings. The van der Waals surface area contributed by atoms with Gasteiger partial charge in [-0.05, 0) is 74.3 Å². The zero-order valence-corrected chi connectivity index (χ0v) is 24.4. The summed E-state index contributed by atoms with van der Waals surface area (Å²) >= 11 is 0. The number of nitrogens with two attached hydrogens (primary N) is 1. The fourth-order valence-corrected chi connectivity index (χ4v) is 7.68. The Morgan fingerprint density at radius 3 is 2.62 bits per heavy atom. The van der Waals surface area contributed by atoms with Crippen LogP contribution in [0.15, 0.2) is 30.3 Å². The van der Waals surface area contributed by atoms with E-state index in [1.165, 1.54) is 12.8 Å². The number of aliphatic hydroxyl groups excluding tert-OH is 1. The van der Waals surface area contributed by atoms with Gasteiger partial charge < -0.3 is 34.5 Å². The maximum atomic E-state index is 13.7. The molecule has 0 spiro atoms. The molecule has 42 heavy (non-hydrogen) atoms. The number of carbonyl (C=O) groups excluding carboxylic acids is 1. The van der Waals surface area contributed by atoms with E-state index >= 15 is 0 Å². The summed E-state index contributed by atoms with van der Waals surface area (Å²) in [6, 6.07) is 10.4. The Morgan fingerprint density at radius 1 is 1.07 bits per heavy atom. The molecular formula is C32H39N7O3. The van der Waals surface area contributed by atoms with Crippen molar-refractivity contribution < 1.29 is 14.6 Å². The van der Waals surface area contributed by atoms with Gasteiger partial charge in [-0.3, -0.25) is 4.79 Å². The van der Waals surface area contributed by atoms with Gasteiger partial charge in [0.05, 0.1) is 18.3 Å². The van der Waals surface area contributed by atoms with Crippen molar-refractivity contribution in [3.63, 3.8) is 0 Å². The third-order valence-corrected chi connectivity index (χ3v) is 10.3. The van der Waals surface area contributed by atoms with E-state index in [0.717, 1.165) is 84.8 Å². The van der Waals surface area contributed by atoms with Crippen LogP contribution in [0.2, 0.25) is 0 Å². The third kappa shape index (κ3) is 4.02. The molecule has 1 amide bonds. The summed E-state index contributed by atoms with van der Waals surface area (Å²) in [6.07, 6.45) is 5.53. The number of carbonyl (C=O) groups is 1. The second-order valence-corrected chi connectivity index (χ2v) is 12.9. The first-order valence-electron chi connectivity index (χ1n) is 15.4. The number of fused-ring (bicyclic) bond motifs is 4. The molecule has 2 saturated heterocycles. The molecular weight excluding hydrogens is 530 g/mol. The van der Waals surface area contributed by atoms with Gasteiger partial charge in [0.1, 0.15) is 22.7 Å². The highest BCUT2D eigenvalue weighted by atomic mass is 16.5. The number of piperidine rings is 1. The van der Waals surface area contributed by atoms with Crippen LogP contribution in [0, 0.1) is 17.8 Å². The minimum Gasteiger partial charge on any atom is -0.494 e. The number of aliphatic hydroxyl groups is 1. The first-order valence-corrected chi connectivity index (χ1v) is 15.4. The molecule has 10 nitrogen and oxygen atoms in total. The Morgan fingerprint density at radius 2 is 1.93 bits per heavy atom. The zero-order valence-electron chi connectivity index (χ0n) is 24.4. The number of ether oxygens (including phenoxy) is 1. The molecule has 2 saturated carbocycles. The van der Waals surface area contributed by atoms with Gasteiger partial charge in [-0.25, -0.2) is 9.97 Å². The van der Waals surface area contributed by atoms with Crippen molar-refractivity contribution >= 4 is 33.8 Å².